The average Bonchev–Trinajstić information content (AvgIpc) is 2.84. The number of fused-ring (bicyclic) bond motifs is 1. The quantitative estimate of drug-likeness (QED) is 0.482. The summed E-state index contributed by atoms with van der Waals surface area (Å²) in [6, 6.07) is 17.7. The van der Waals surface area contributed by atoms with E-state index in [2.05, 4.69) is 37.0 Å². The van der Waals surface area contributed by atoms with E-state index in [-0.39, 0.29) is 5.91 Å². The Morgan fingerprint density at radius 1 is 0.758 bits per heavy atom. The Kier molecular flexibility index (Phi) is 5.46. The van der Waals surface area contributed by atoms with Gasteiger partial charge in [-0.05, 0) is 39.0 Å². The van der Waals surface area contributed by atoms with Crippen molar-refractivity contribution >= 4 is 22.8 Å². The molecule has 0 unspecified atom stereocenters. The van der Waals surface area contributed by atoms with Crippen molar-refractivity contribution in [1.29, 1.82) is 0 Å². The van der Waals surface area contributed by atoms with Crippen molar-refractivity contribution in [1.82, 2.24) is 24.8 Å². The lowest BCUT2D eigenvalue weighted by molar-refractivity contribution is 0.0746. The summed E-state index contributed by atoms with van der Waals surface area (Å²) in [6.45, 7) is 8.53. The molecule has 2 aromatic heterocycles. The monoisotopic (exact) mass is 438 g/mol. The lowest BCUT2D eigenvalue weighted by Crippen LogP contribution is -2.49. The second-order valence-electron chi connectivity index (χ2n) is 8.40. The second kappa shape index (κ2) is 8.58. The largest absolute Gasteiger partial charge is 0.353 e. The minimum atomic E-state index is 0.0282. The molecule has 1 aliphatic rings. The lowest BCUT2D eigenvalue weighted by atomic mass is 10.1. The number of carbonyl (C=O) groups is 1. The van der Waals surface area contributed by atoms with Crippen LogP contribution >= 0.6 is 0 Å². The second-order valence-corrected chi connectivity index (χ2v) is 8.40. The fourth-order valence-electron chi connectivity index (χ4n) is 4.16. The molecule has 0 radical (unpaired) electrons. The van der Waals surface area contributed by atoms with Crippen LogP contribution in [0.1, 0.15) is 27.6 Å². The van der Waals surface area contributed by atoms with Crippen molar-refractivity contribution in [3.8, 4) is 11.3 Å². The van der Waals surface area contributed by atoms with E-state index < -0.39 is 0 Å². The van der Waals surface area contributed by atoms with Gasteiger partial charge in [-0.1, -0.05) is 30.3 Å². The summed E-state index contributed by atoms with van der Waals surface area (Å²) in [4.78, 5) is 35.7. The van der Waals surface area contributed by atoms with Crippen LogP contribution in [0.15, 0.2) is 54.6 Å². The molecular formula is C26H26N6O. The van der Waals surface area contributed by atoms with E-state index in [4.69, 9.17) is 0 Å². The normalized spacial score (nSPS) is 14.0. The van der Waals surface area contributed by atoms with Crippen LogP contribution in [0.3, 0.4) is 0 Å². The maximum atomic E-state index is 13.2. The molecule has 33 heavy (non-hydrogen) atoms. The highest BCUT2D eigenvalue weighted by molar-refractivity contribution is 5.97. The summed E-state index contributed by atoms with van der Waals surface area (Å²) < 4.78 is 0. The molecule has 0 N–H and O–H groups in total. The molecule has 0 bridgehead atoms. The van der Waals surface area contributed by atoms with Gasteiger partial charge in [0.15, 0.2) is 0 Å². The first-order valence-corrected chi connectivity index (χ1v) is 11.2. The van der Waals surface area contributed by atoms with Crippen molar-refractivity contribution in [2.24, 2.45) is 0 Å². The number of benzene rings is 2. The summed E-state index contributed by atoms with van der Waals surface area (Å²) in [7, 11) is 0. The van der Waals surface area contributed by atoms with Gasteiger partial charge in [-0.2, -0.15) is 0 Å². The first-order valence-electron chi connectivity index (χ1n) is 11.2. The zero-order valence-electron chi connectivity index (χ0n) is 19.1. The van der Waals surface area contributed by atoms with Crippen molar-refractivity contribution in [2.45, 2.75) is 20.8 Å². The number of carbonyl (C=O) groups excluding carboxylic acids is 1. The lowest BCUT2D eigenvalue weighted by Gasteiger charge is -2.35. The molecule has 7 heteroatoms. The number of nitrogens with zero attached hydrogens (tertiary/aromatic N) is 6. The van der Waals surface area contributed by atoms with E-state index in [0.29, 0.717) is 18.7 Å². The molecule has 1 amide bonds. The minimum Gasteiger partial charge on any atom is -0.353 e. The Morgan fingerprint density at radius 3 is 2.18 bits per heavy atom. The number of amides is 1. The average molecular weight is 439 g/mol. The smallest absolute Gasteiger partial charge is 0.254 e. The fourth-order valence-corrected chi connectivity index (χ4v) is 4.16. The molecule has 166 valence electrons. The van der Waals surface area contributed by atoms with Gasteiger partial charge in [0.05, 0.1) is 28.1 Å². The molecule has 4 aromatic rings. The molecule has 0 aliphatic carbocycles. The van der Waals surface area contributed by atoms with Gasteiger partial charge in [0.1, 0.15) is 11.6 Å². The molecule has 1 fully saturated rings. The number of aryl methyl sites for hydroxylation is 3. The first kappa shape index (κ1) is 21.0. The van der Waals surface area contributed by atoms with Crippen LogP contribution < -0.4 is 4.90 Å². The molecule has 0 saturated carbocycles. The number of rotatable bonds is 3. The van der Waals surface area contributed by atoms with Gasteiger partial charge in [-0.3, -0.25) is 4.79 Å². The fraction of sp³-hybridized carbons (Fsp3) is 0.269. The van der Waals surface area contributed by atoms with Crippen molar-refractivity contribution in [3.63, 3.8) is 0 Å². The van der Waals surface area contributed by atoms with Crippen molar-refractivity contribution < 1.29 is 4.79 Å². The highest BCUT2D eigenvalue weighted by Gasteiger charge is 2.24. The predicted molar refractivity (Wildman–Crippen MR) is 129 cm³/mol. The van der Waals surface area contributed by atoms with E-state index in [1.54, 1.807) is 0 Å². The van der Waals surface area contributed by atoms with Crippen molar-refractivity contribution in [3.05, 3.63) is 77.4 Å². The van der Waals surface area contributed by atoms with E-state index in [9.17, 15) is 4.79 Å². The van der Waals surface area contributed by atoms with E-state index in [1.165, 1.54) is 0 Å². The summed E-state index contributed by atoms with van der Waals surface area (Å²) >= 11 is 0. The Morgan fingerprint density at radius 2 is 1.45 bits per heavy atom. The van der Waals surface area contributed by atoms with Crippen LogP contribution in [-0.4, -0.2) is 56.9 Å². The van der Waals surface area contributed by atoms with Gasteiger partial charge in [-0.25, -0.2) is 19.9 Å². The topological polar surface area (TPSA) is 75.1 Å². The zero-order chi connectivity index (χ0) is 22.9. The summed E-state index contributed by atoms with van der Waals surface area (Å²) in [5.41, 5.74) is 6.00. The Hall–Kier alpha value is -3.87. The number of aromatic nitrogens is 4. The summed E-state index contributed by atoms with van der Waals surface area (Å²) in [5, 5.41) is 0. The van der Waals surface area contributed by atoms with E-state index in [0.717, 1.165) is 58.4 Å². The number of hydrogen-bond donors (Lipinski definition) is 0. The highest BCUT2D eigenvalue weighted by Crippen LogP contribution is 2.23. The SMILES string of the molecule is Cc1nc(-c2ccccc2)cc(N2CCN(C(=O)c3ccc4nc(C)c(C)nc4c3)CC2)n1. The molecule has 2 aromatic carbocycles. The van der Waals surface area contributed by atoms with Gasteiger partial charge >= 0.3 is 0 Å². The molecule has 5 rings (SSSR count). The molecule has 1 saturated heterocycles. The van der Waals surface area contributed by atoms with Crippen LogP contribution in [0.4, 0.5) is 5.82 Å². The van der Waals surface area contributed by atoms with Crippen LogP contribution in [0.5, 0.6) is 0 Å². The van der Waals surface area contributed by atoms with Crippen LogP contribution in [0, 0.1) is 20.8 Å². The highest BCUT2D eigenvalue weighted by atomic mass is 16.2. The third kappa shape index (κ3) is 4.26. The van der Waals surface area contributed by atoms with Gasteiger partial charge in [0, 0.05) is 43.4 Å². The predicted octanol–water partition coefficient (Wildman–Crippen LogP) is 3.97. The van der Waals surface area contributed by atoms with Crippen LogP contribution in [0.25, 0.3) is 22.3 Å². The third-order valence-corrected chi connectivity index (χ3v) is 6.11. The molecular weight excluding hydrogens is 412 g/mol. The maximum absolute atomic E-state index is 13.2. The first-order chi connectivity index (χ1) is 16.0. The third-order valence-electron chi connectivity index (χ3n) is 6.11. The van der Waals surface area contributed by atoms with E-state index >= 15 is 0 Å². The number of piperazine rings is 1. The summed E-state index contributed by atoms with van der Waals surface area (Å²) in [5.74, 6) is 1.67. The summed E-state index contributed by atoms with van der Waals surface area (Å²) in [6.07, 6.45) is 0. The standard InChI is InChI=1S/C26H26N6O/c1-17-18(2)28-24-15-21(9-10-22(24)27-17)26(33)32-13-11-31(12-14-32)25-16-23(29-19(3)30-25)20-7-5-4-6-8-20/h4-10,15-16H,11-14H2,1-3H3. The molecule has 7 nitrogen and oxygen atoms in total. The zero-order valence-corrected chi connectivity index (χ0v) is 19.1. The van der Waals surface area contributed by atoms with Gasteiger partial charge in [0.25, 0.3) is 5.91 Å². The van der Waals surface area contributed by atoms with E-state index in [1.807, 2.05) is 68.1 Å². The van der Waals surface area contributed by atoms with Gasteiger partial charge in [-0.15, -0.1) is 0 Å². The molecule has 3 heterocycles. The minimum absolute atomic E-state index is 0.0282. The Labute approximate surface area is 193 Å². The Bertz CT molecular complexity index is 1330. The maximum Gasteiger partial charge on any atom is 0.254 e. The van der Waals surface area contributed by atoms with Crippen LogP contribution in [0.2, 0.25) is 0 Å². The number of hydrogen-bond acceptors (Lipinski definition) is 6. The molecule has 0 atom stereocenters. The Balaban J connectivity index is 1.31. The van der Waals surface area contributed by atoms with Crippen molar-refractivity contribution in [2.75, 3.05) is 31.1 Å². The van der Waals surface area contributed by atoms with Crippen LogP contribution in [-0.2, 0) is 0 Å². The number of anilines is 1. The van der Waals surface area contributed by atoms with Gasteiger partial charge < -0.3 is 9.80 Å². The molecule has 0 spiro atoms. The van der Waals surface area contributed by atoms with Gasteiger partial charge in [0.2, 0.25) is 0 Å². The molecule has 1 aliphatic heterocycles.